The predicted molar refractivity (Wildman–Crippen MR) is 67.1 cm³/mol. The standard InChI is InChI=1S/C12H14F5N3O/c13-10(14)7-20(6-5-18)11(21)19-9-3-1-8(2-4-9)12(15,16)17/h1-4,10H,5-7,18H2,(H,19,21). The molecule has 0 aliphatic heterocycles. The van der Waals surface area contributed by atoms with Crippen LogP contribution in [0.4, 0.5) is 32.4 Å². The van der Waals surface area contributed by atoms with Crippen LogP contribution in [0.2, 0.25) is 0 Å². The molecule has 0 saturated carbocycles. The second kappa shape index (κ2) is 7.21. The Kier molecular flexibility index (Phi) is 5.89. The average molecular weight is 311 g/mol. The Balaban J connectivity index is 2.72. The topological polar surface area (TPSA) is 58.4 Å². The lowest BCUT2D eigenvalue weighted by Crippen LogP contribution is -2.41. The number of alkyl halides is 5. The number of carbonyl (C=O) groups excluding carboxylic acids is 1. The largest absolute Gasteiger partial charge is 0.416 e. The fraction of sp³-hybridized carbons (Fsp3) is 0.417. The number of nitrogens with zero attached hydrogens (tertiary/aromatic N) is 1. The highest BCUT2D eigenvalue weighted by Crippen LogP contribution is 2.29. The maximum Gasteiger partial charge on any atom is 0.416 e. The molecule has 0 fully saturated rings. The highest BCUT2D eigenvalue weighted by atomic mass is 19.4. The number of anilines is 1. The first-order valence-electron chi connectivity index (χ1n) is 5.95. The molecule has 1 aromatic rings. The first-order valence-corrected chi connectivity index (χ1v) is 5.95. The lowest BCUT2D eigenvalue weighted by atomic mass is 10.2. The van der Waals surface area contributed by atoms with E-state index in [1.165, 1.54) is 0 Å². The molecule has 0 aliphatic carbocycles. The molecule has 0 heterocycles. The Morgan fingerprint density at radius 3 is 2.24 bits per heavy atom. The van der Waals surface area contributed by atoms with Gasteiger partial charge >= 0.3 is 12.2 Å². The third kappa shape index (κ3) is 5.54. The van der Waals surface area contributed by atoms with E-state index >= 15 is 0 Å². The van der Waals surface area contributed by atoms with E-state index in [1.54, 1.807) is 0 Å². The van der Waals surface area contributed by atoms with Crippen LogP contribution in [0.25, 0.3) is 0 Å². The zero-order valence-electron chi connectivity index (χ0n) is 10.8. The Hall–Kier alpha value is -1.90. The van der Waals surface area contributed by atoms with Gasteiger partial charge in [-0.25, -0.2) is 13.6 Å². The molecule has 0 spiro atoms. The van der Waals surface area contributed by atoms with Gasteiger partial charge in [-0.05, 0) is 24.3 Å². The highest BCUT2D eigenvalue weighted by Gasteiger charge is 2.30. The van der Waals surface area contributed by atoms with E-state index in [1.807, 2.05) is 0 Å². The number of hydrogen-bond acceptors (Lipinski definition) is 2. The van der Waals surface area contributed by atoms with Gasteiger partial charge in [0.1, 0.15) is 0 Å². The van der Waals surface area contributed by atoms with Gasteiger partial charge < -0.3 is 16.0 Å². The molecule has 0 saturated heterocycles. The summed E-state index contributed by atoms with van der Waals surface area (Å²) in [4.78, 5) is 12.5. The molecule has 0 atom stereocenters. The first kappa shape index (κ1) is 17.2. The summed E-state index contributed by atoms with van der Waals surface area (Å²) in [5.41, 5.74) is 4.42. The van der Waals surface area contributed by atoms with Crippen LogP contribution in [0.5, 0.6) is 0 Å². The maximum atomic E-state index is 12.4. The molecule has 1 rings (SSSR count). The van der Waals surface area contributed by atoms with Crippen molar-refractivity contribution < 1.29 is 26.7 Å². The number of hydrogen-bond donors (Lipinski definition) is 2. The first-order chi connectivity index (χ1) is 9.74. The van der Waals surface area contributed by atoms with E-state index < -0.39 is 30.7 Å². The van der Waals surface area contributed by atoms with E-state index in [0.717, 1.165) is 29.2 Å². The summed E-state index contributed by atoms with van der Waals surface area (Å²) in [5.74, 6) is 0. The van der Waals surface area contributed by atoms with Gasteiger partial charge in [0, 0.05) is 18.8 Å². The van der Waals surface area contributed by atoms with Crippen molar-refractivity contribution >= 4 is 11.7 Å². The summed E-state index contributed by atoms with van der Waals surface area (Å²) in [6.07, 6.45) is -7.21. The van der Waals surface area contributed by atoms with Crippen molar-refractivity contribution in [2.24, 2.45) is 5.73 Å². The summed E-state index contributed by atoms with van der Waals surface area (Å²) in [6.45, 7) is -0.895. The fourth-order valence-corrected chi connectivity index (χ4v) is 1.54. The number of nitrogens with two attached hydrogens (primary N) is 1. The molecule has 4 nitrogen and oxygen atoms in total. The average Bonchev–Trinajstić information content (AvgIpc) is 2.37. The van der Waals surface area contributed by atoms with Crippen LogP contribution in [0.3, 0.4) is 0 Å². The fourth-order valence-electron chi connectivity index (χ4n) is 1.54. The van der Waals surface area contributed by atoms with Gasteiger partial charge in [-0.1, -0.05) is 0 Å². The van der Waals surface area contributed by atoms with Gasteiger partial charge in [-0.15, -0.1) is 0 Å². The van der Waals surface area contributed by atoms with Crippen LogP contribution in [-0.2, 0) is 6.18 Å². The normalized spacial score (nSPS) is 11.6. The monoisotopic (exact) mass is 311 g/mol. The SMILES string of the molecule is NCCN(CC(F)F)C(=O)Nc1ccc(C(F)(F)F)cc1. The molecule has 0 unspecified atom stereocenters. The van der Waals surface area contributed by atoms with E-state index in [4.69, 9.17) is 5.73 Å². The van der Waals surface area contributed by atoms with Gasteiger partial charge in [0.15, 0.2) is 0 Å². The third-order valence-corrected chi connectivity index (χ3v) is 2.51. The number of urea groups is 1. The Morgan fingerprint density at radius 1 is 1.24 bits per heavy atom. The minimum absolute atomic E-state index is 0.00679. The summed E-state index contributed by atoms with van der Waals surface area (Å²) < 4.78 is 61.7. The second-order valence-electron chi connectivity index (χ2n) is 4.13. The van der Waals surface area contributed by atoms with Gasteiger partial charge in [-0.2, -0.15) is 13.2 Å². The van der Waals surface area contributed by atoms with Crippen LogP contribution in [0.1, 0.15) is 5.56 Å². The number of nitrogens with one attached hydrogen (secondary N) is 1. The lowest BCUT2D eigenvalue weighted by Gasteiger charge is -2.22. The van der Waals surface area contributed by atoms with Crippen LogP contribution in [0.15, 0.2) is 24.3 Å². The number of carbonyl (C=O) groups is 1. The Labute approximate surface area is 117 Å². The molecule has 0 aromatic heterocycles. The number of benzene rings is 1. The summed E-state index contributed by atoms with van der Waals surface area (Å²) in [7, 11) is 0. The zero-order chi connectivity index (χ0) is 16.0. The van der Waals surface area contributed by atoms with E-state index in [9.17, 15) is 26.7 Å². The predicted octanol–water partition coefficient (Wildman–Crippen LogP) is 2.76. The Morgan fingerprint density at radius 2 is 1.81 bits per heavy atom. The van der Waals surface area contributed by atoms with Crippen LogP contribution in [-0.4, -0.2) is 37.0 Å². The summed E-state index contributed by atoms with van der Waals surface area (Å²) in [6, 6.07) is 2.82. The smallest absolute Gasteiger partial charge is 0.329 e. The van der Waals surface area contributed by atoms with Crippen molar-refractivity contribution in [3.63, 3.8) is 0 Å². The number of halogens is 5. The van der Waals surface area contributed by atoms with Crippen LogP contribution >= 0.6 is 0 Å². The minimum Gasteiger partial charge on any atom is -0.329 e. The Bertz CT molecular complexity index is 461. The van der Waals surface area contributed by atoms with Crippen molar-refractivity contribution in [3.05, 3.63) is 29.8 Å². The van der Waals surface area contributed by atoms with Crippen LogP contribution < -0.4 is 11.1 Å². The van der Waals surface area contributed by atoms with Crippen molar-refractivity contribution in [1.82, 2.24) is 4.90 Å². The van der Waals surface area contributed by atoms with Crippen molar-refractivity contribution in [2.45, 2.75) is 12.6 Å². The highest BCUT2D eigenvalue weighted by molar-refractivity contribution is 5.89. The van der Waals surface area contributed by atoms with Crippen molar-refractivity contribution in [3.8, 4) is 0 Å². The zero-order valence-corrected chi connectivity index (χ0v) is 10.8. The molecule has 118 valence electrons. The van der Waals surface area contributed by atoms with Crippen molar-refractivity contribution in [1.29, 1.82) is 0 Å². The molecule has 0 bridgehead atoms. The van der Waals surface area contributed by atoms with E-state index in [-0.39, 0.29) is 18.8 Å². The molecule has 0 radical (unpaired) electrons. The van der Waals surface area contributed by atoms with Gasteiger partial charge in [0.2, 0.25) is 0 Å². The lowest BCUT2D eigenvalue weighted by molar-refractivity contribution is -0.137. The minimum atomic E-state index is -4.48. The molecule has 9 heteroatoms. The molecular formula is C12H14F5N3O. The van der Waals surface area contributed by atoms with Crippen LogP contribution in [0, 0.1) is 0 Å². The molecule has 21 heavy (non-hydrogen) atoms. The van der Waals surface area contributed by atoms with E-state index in [0.29, 0.717) is 0 Å². The third-order valence-electron chi connectivity index (χ3n) is 2.51. The maximum absolute atomic E-state index is 12.4. The van der Waals surface area contributed by atoms with Gasteiger partial charge in [-0.3, -0.25) is 0 Å². The second-order valence-corrected chi connectivity index (χ2v) is 4.13. The molecule has 0 aliphatic rings. The van der Waals surface area contributed by atoms with E-state index in [2.05, 4.69) is 5.32 Å². The molecule has 3 N–H and O–H groups in total. The molecule has 1 aromatic carbocycles. The summed E-state index contributed by atoms with van der Waals surface area (Å²) >= 11 is 0. The quantitative estimate of drug-likeness (QED) is 0.822. The van der Waals surface area contributed by atoms with Gasteiger partial charge in [0.25, 0.3) is 6.43 Å². The molecule has 2 amide bonds. The van der Waals surface area contributed by atoms with Crippen molar-refractivity contribution in [2.75, 3.05) is 25.0 Å². The number of amides is 2. The number of rotatable bonds is 5. The summed E-state index contributed by atoms with van der Waals surface area (Å²) in [5, 5.41) is 2.24. The molecular weight excluding hydrogens is 297 g/mol. The van der Waals surface area contributed by atoms with Gasteiger partial charge in [0.05, 0.1) is 12.1 Å².